The second-order valence-electron chi connectivity index (χ2n) is 5.72. The van der Waals surface area contributed by atoms with Crippen LogP contribution >= 0.6 is 11.3 Å². The molecule has 0 aromatic carbocycles. The predicted octanol–water partition coefficient (Wildman–Crippen LogP) is 3.70. The molecule has 0 aliphatic carbocycles. The van der Waals surface area contributed by atoms with Crippen LogP contribution in [0.1, 0.15) is 47.2 Å². The molecule has 0 N–H and O–H groups in total. The quantitative estimate of drug-likeness (QED) is 0.864. The zero-order chi connectivity index (χ0) is 15.5. The third kappa shape index (κ3) is 3.04. The Kier molecular flexibility index (Phi) is 4.52. The van der Waals surface area contributed by atoms with E-state index >= 15 is 0 Å². The first kappa shape index (κ1) is 15.2. The van der Waals surface area contributed by atoms with Gasteiger partial charge in [-0.2, -0.15) is 0 Å². The standard InChI is InChI=1S/C17H21N3OS/c1-3-6-14-11-13(7-8-18-14)16-19-12(2)15(22-16)17(21)20-9-4-5-10-20/h7-8,11H,3-6,9-10H2,1-2H3. The van der Waals surface area contributed by atoms with Crippen molar-refractivity contribution in [1.29, 1.82) is 0 Å². The summed E-state index contributed by atoms with van der Waals surface area (Å²) in [6.45, 7) is 5.83. The number of nitrogens with zero attached hydrogens (tertiary/aromatic N) is 3. The van der Waals surface area contributed by atoms with E-state index in [1.165, 1.54) is 11.3 Å². The van der Waals surface area contributed by atoms with Gasteiger partial charge in [0.15, 0.2) is 0 Å². The molecule has 2 aromatic heterocycles. The van der Waals surface area contributed by atoms with Gasteiger partial charge in [-0.15, -0.1) is 11.3 Å². The highest BCUT2D eigenvalue weighted by molar-refractivity contribution is 7.17. The second kappa shape index (κ2) is 6.57. The van der Waals surface area contributed by atoms with Crippen molar-refractivity contribution in [2.75, 3.05) is 13.1 Å². The number of carbonyl (C=O) groups excluding carboxylic acids is 1. The molecule has 116 valence electrons. The van der Waals surface area contributed by atoms with E-state index in [0.29, 0.717) is 0 Å². The molecule has 22 heavy (non-hydrogen) atoms. The summed E-state index contributed by atoms with van der Waals surface area (Å²) in [6.07, 6.45) is 6.10. The lowest BCUT2D eigenvalue weighted by atomic mass is 10.2. The largest absolute Gasteiger partial charge is 0.338 e. The van der Waals surface area contributed by atoms with Crippen LogP contribution in [0.15, 0.2) is 18.3 Å². The lowest BCUT2D eigenvalue weighted by Crippen LogP contribution is -2.27. The first-order valence-corrected chi connectivity index (χ1v) is 8.72. The first-order valence-electron chi connectivity index (χ1n) is 7.91. The number of aromatic nitrogens is 2. The summed E-state index contributed by atoms with van der Waals surface area (Å²) in [5, 5.41) is 0.916. The van der Waals surface area contributed by atoms with Crippen LogP contribution in [0.25, 0.3) is 10.6 Å². The van der Waals surface area contributed by atoms with Crippen molar-refractivity contribution in [2.45, 2.75) is 39.5 Å². The van der Waals surface area contributed by atoms with E-state index in [-0.39, 0.29) is 5.91 Å². The van der Waals surface area contributed by atoms with E-state index in [9.17, 15) is 4.79 Å². The van der Waals surface area contributed by atoms with Crippen LogP contribution in [-0.2, 0) is 6.42 Å². The summed E-state index contributed by atoms with van der Waals surface area (Å²) in [4.78, 5) is 24.3. The molecule has 0 unspecified atom stereocenters. The van der Waals surface area contributed by atoms with Crippen LogP contribution in [0.3, 0.4) is 0 Å². The number of rotatable bonds is 4. The molecule has 2 aromatic rings. The highest BCUT2D eigenvalue weighted by atomic mass is 32.1. The van der Waals surface area contributed by atoms with Crippen LogP contribution in [0, 0.1) is 6.92 Å². The van der Waals surface area contributed by atoms with E-state index in [1.54, 1.807) is 0 Å². The SMILES string of the molecule is CCCc1cc(-c2nc(C)c(C(=O)N3CCCC3)s2)ccn1. The van der Waals surface area contributed by atoms with Crippen LogP contribution in [0.4, 0.5) is 0 Å². The Morgan fingerprint density at radius 3 is 2.86 bits per heavy atom. The van der Waals surface area contributed by atoms with Gasteiger partial charge in [-0.05, 0) is 38.3 Å². The monoisotopic (exact) mass is 315 g/mol. The Bertz CT molecular complexity index is 674. The summed E-state index contributed by atoms with van der Waals surface area (Å²) in [5.74, 6) is 0.140. The predicted molar refractivity (Wildman–Crippen MR) is 89.2 cm³/mol. The minimum atomic E-state index is 0.140. The van der Waals surface area contributed by atoms with E-state index in [2.05, 4.69) is 23.0 Å². The first-order chi connectivity index (χ1) is 10.7. The zero-order valence-electron chi connectivity index (χ0n) is 13.1. The van der Waals surface area contributed by atoms with Gasteiger partial charge in [0.05, 0.1) is 5.69 Å². The Labute approximate surface area is 135 Å². The molecule has 1 aliphatic heterocycles. The molecule has 0 spiro atoms. The molecule has 1 saturated heterocycles. The fourth-order valence-corrected chi connectivity index (χ4v) is 3.82. The molecule has 0 bridgehead atoms. The maximum Gasteiger partial charge on any atom is 0.265 e. The average molecular weight is 315 g/mol. The molecule has 1 aliphatic rings. The molecule has 0 saturated carbocycles. The normalized spacial score (nSPS) is 14.5. The summed E-state index contributed by atoms with van der Waals surface area (Å²) < 4.78 is 0. The van der Waals surface area contributed by atoms with Crippen molar-refractivity contribution in [3.63, 3.8) is 0 Å². The van der Waals surface area contributed by atoms with Gasteiger partial charge in [-0.3, -0.25) is 9.78 Å². The van der Waals surface area contributed by atoms with Gasteiger partial charge >= 0.3 is 0 Å². The van der Waals surface area contributed by atoms with Crippen molar-refractivity contribution in [3.8, 4) is 10.6 Å². The number of aryl methyl sites for hydroxylation is 2. The number of hydrogen-bond donors (Lipinski definition) is 0. The van der Waals surface area contributed by atoms with Crippen LogP contribution in [0.5, 0.6) is 0 Å². The topological polar surface area (TPSA) is 46.1 Å². The number of amides is 1. The number of likely N-dealkylation sites (tertiary alicyclic amines) is 1. The highest BCUT2D eigenvalue weighted by Crippen LogP contribution is 2.29. The van der Waals surface area contributed by atoms with Crippen LogP contribution < -0.4 is 0 Å². The van der Waals surface area contributed by atoms with Crippen molar-refractivity contribution in [3.05, 3.63) is 34.6 Å². The third-order valence-electron chi connectivity index (χ3n) is 3.95. The smallest absolute Gasteiger partial charge is 0.265 e. The van der Waals surface area contributed by atoms with Crippen molar-refractivity contribution >= 4 is 17.2 Å². The number of carbonyl (C=O) groups is 1. The van der Waals surface area contributed by atoms with E-state index in [0.717, 1.165) is 65.6 Å². The highest BCUT2D eigenvalue weighted by Gasteiger charge is 2.24. The fraction of sp³-hybridized carbons (Fsp3) is 0.471. The number of pyridine rings is 1. The van der Waals surface area contributed by atoms with E-state index in [1.807, 2.05) is 24.1 Å². The molecule has 3 heterocycles. The Hall–Kier alpha value is -1.75. The molecule has 0 atom stereocenters. The average Bonchev–Trinajstić information content (AvgIpc) is 3.17. The zero-order valence-corrected chi connectivity index (χ0v) is 13.9. The van der Waals surface area contributed by atoms with Crippen molar-refractivity contribution in [1.82, 2.24) is 14.9 Å². The van der Waals surface area contributed by atoms with E-state index < -0.39 is 0 Å². The maximum atomic E-state index is 12.6. The number of hydrogen-bond acceptors (Lipinski definition) is 4. The van der Waals surface area contributed by atoms with Crippen LogP contribution in [0.2, 0.25) is 0 Å². The third-order valence-corrected chi connectivity index (χ3v) is 5.15. The van der Waals surface area contributed by atoms with Gasteiger partial charge in [-0.25, -0.2) is 4.98 Å². The van der Waals surface area contributed by atoms with Gasteiger partial charge in [0.2, 0.25) is 0 Å². The Balaban J connectivity index is 1.88. The summed E-state index contributed by atoms with van der Waals surface area (Å²) in [6, 6.07) is 4.06. The minimum Gasteiger partial charge on any atom is -0.338 e. The van der Waals surface area contributed by atoms with Gasteiger partial charge in [0.25, 0.3) is 5.91 Å². The molecular formula is C17H21N3OS. The summed E-state index contributed by atoms with van der Waals surface area (Å²) >= 11 is 1.50. The summed E-state index contributed by atoms with van der Waals surface area (Å²) in [7, 11) is 0. The van der Waals surface area contributed by atoms with Gasteiger partial charge in [-0.1, -0.05) is 13.3 Å². The van der Waals surface area contributed by atoms with Crippen LogP contribution in [-0.4, -0.2) is 33.9 Å². The second-order valence-corrected chi connectivity index (χ2v) is 6.72. The maximum absolute atomic E-state index is 12.6. The number of thiazole rings is 1. The Morgan fingerprint density at radius 1 is 1.36 bits per heavy atom. The molecule has 1 amide bonds. The minimum absolute atomic E-state index is 0.140. The lowest BCUT2D eigenvalue weighted by Gasteiger charge is -2.13. The van der Waals surface area contributed by atoms with Gasteiger partial charge < -0.3 is 4.90 Å². The van der Waals surface area contributed by atoms with E-state index in [4.69, 9.17) is 0 Å². The van der Waals surface area contributed by atoms with Crippen molar-refractivity contribution < 1.29 is 4.79 Å². The molecule has 1 fully saturated rings. The van der Waals surface area contributed by atoms with Crippen molar-refractivity contribution in [2.24, 2.45) is 0 Å². The summed E-state index contributed by atoms with van der Waals surface area (Å²) in [5.41, 5.74) is 2.98. The molecule has 4 nitrogen and oxygen atoms in total. The molecule has 3 rings (SSSR count). The van der Waals surface area contributed by atoms with Gasteiger partial charge in [0.1, 0.15) is 9.88 Å². The lowest BCUT2D eigenvalue weighted by molar-refractivity contribution is 0.0796. The fourth-order valence-electron chi connectivity index (χ4n) is 2.79. The van der Waals surface area contributed by atoms with Gasteiger partial charge in [0, 0.05) is 30.5 Å². The molecule has 0 radical (unpaired) electrons. The molecular weight excluding hydrogens is 294 g/mol. The Morgan fingerprint density at radius 2 is 2.14 bits per heavy atom. The molecule has 5 heteroatoms.